The van der Waals surface area contributed by atoms with Crippen molar-refractivity contribution in [2.24, 2.45) is 0 Å². The number of sulfonamides is 1. The van der Waals surface area contributed by atoms with Crippen LogP contribution in [-0.2, 0) is 16.4 Å². The van der Waals surface area contributed by atoms with Crippen LogP contribution in [0.4, 0.5) is 0 Å². The molecule has 0 aliphatic carbocycles. The van der Waals surface area contributed by atoms with E-state index in [0.717, 1.165) is 23.5 Å². The summed E-state index contributed by atoms with van der Waals surface area (Å²) in [5, 5.41) is 0. The van der Waals surface area contributed by atoms with Crippen LogP contribution in [0.15, 0.2) is 34.9 Å². The molecule has 0 bridgehead atoms. The number of methoxy groups -OCH3 is 1. The van der Waals surface area contributed by atoms with Crippen molar-refractivity contribution in [3.8, 4) is 5.75 Å². The van der Waals surface area contributed by atoms with Gasteiger partial charge in [0.25, 0.3) is 0 Å². The molecule has 0 spiro atoms. The summed E-state index contributed by atoms with van der Waals surface area (Å²) in [6.07, 6.45) is 4.33. The Morgan fingerprint density at radius 3 is 2.96 bits per heavy atom. The first-order chi connectivity index (χ1) is 11.0. The van der Waals surface area contributed by atoms with E-state index in [2.05, 4.69) is 4.98 Å². The smallest absolute Gasteiger partial charge is 0.211 e. The number of hydrogen-bond acceptors (Lipinski definition) is 5. The molecule has 0 radical (unpaired) electrons. The first-order valence-corrected chi connectivity index (χ1v) is 9.33. The Labute approximate surface area is 136 Å². The summed E-state index contributed by atoms with van der Waals surface area (Å²) in [6.45, 7) is 0.967. The van der Waals surface area contributed by atoms with Crippen LogP contribution >= 0.6 is 0 Å². The van der Waals surface area contributed by atoms with Gasteiger partial charge in [-0.05, 0) is 24.1 Å². The van der Waals surface area contributed by atoms with E-state index in [0.29, 0.717) is 25.4 Å². The normalized spacial score (nSPS) is 19.1. The molecule has 1 aromatic heterocycles. The molecule has 1 unspecified atom stereocenters. The van der Waals surface area contributed by atoms with Gasteiger partial charge in [0.05, 0.1) is 25.5 Å². The molecule has 0 amide bonds. The van der Waals surface area contributed by atoms with Gasteiger partial charge in [-0.15, -0.1) is 0 Å². The van der Waals surface area contributed by atoms with Gasteiger partial charge in [-0.25, -0.2) is 17.7 Å². The van der Waals surface area contributed by atoms with E-state index in [1.54, 1.807) is 13.3 Å². The second kappa shape index (κ2) is 6.33. The molecule has 1 aliphatic rings. The Kier molecular flexibility index (Phi) is 4.41. The minimum atomic E-state index is -3.14. The molecule has 7 heteroatoms. The molecule has 3 rings (SSSR count). The van der Waals surface area contributed by atoms with E-state index in [9.17, 15) is 8.42 Å². The lowest BCUT2D eigenvalue weighted by Crippen LogP contribution is -2.27. The van der Waals surface area contributed by atoms with Gasteiger partial charge >= 0.3 is 0 Å². The maximum absolute atomic E-state index is 11.6. The molecule has 1 atom stereocenters. The highest BCUT2D eigenvalue weighted by molar-refractivity contribution is 7.88. The van der Waals surface area contributed by atoms with Crippen LogP contribution in [0.3, 0.4) is 0 Å². The van der Waals surface area contributed by atoms with E-state index >= 15 is 0 Å². The number of hydrogen-bond donors (Lipinski definition) is 0. The van der Waals surface area contributed by atoms with Crippen molar-refractivity contribution in [3.05, 3.63) is 47.7 Å². The first kappa shape index (κ1) is 16.0. The zero-order valence-corrected chi connectivity index (χ0v) is 14.0. The van der Waals surface area contributed by atoms with Crippen LogP contribution in [0, 0.1) is 0 Å². The van der Waals surface area contributed by atoms with Gasteiger partial charge in [0, 0.05) is 19.5 Å². The molecule has 0 saturated carbocycles. The first-order valence-electron chi connectivity index (χ1n) is 7.48. The highest BCUT2D eigenvalue weighted by Crippen LogP contribution is 2.28. The van der Waals surface area contributed by atoms with Crippen LogP contribution in [0.1, 0.15) is 29.6 Å². The predicted molar refractivity (Wildman–Crippen MR) is 86.1 cm³/mol. The predicted octanol–water partition coefficient (Wildman–Crippen LogP) is 2.02. The van der Waals surface area contributed by atoms with Crippen LogP contribution in [0.25, 0.3) is 0 Å². The summed E-state index contributed by atoms with van der Waals surface area (Å²) in [4.78, 5) is 4.33. The van der Waals surface area contributed by atoms with E-state index in [4.69, 9.17) is 9.15 Å². The number of benzene rings is 1. The lowest BCUT2D eigenvalue weighted by atomic mass is 10.1. The highest BCUT2D eigenvalue weighted by atomic mass is 32.2. The molecule has 1 aromatic carbocycles. The molecule has 124 valence electrons. The standard InChI is InChI=1S/C16H20N2O4S/c1-21-14-5-3-4-12(8-14)9-15-10-17-16(22-15)13-6-7-18(11-13)23(2,19)20/h3-5,8,10,13H,6-7,9,11H2,1-2H3. The van der Waals surface area contributed by atoms with Crippen molar-refractivity contribution in [3.63, 3.8) is 0 Å². The van der Waals surface area contributed by atoms with Crippen LogP contribution in [-0.4, -0.2) is 44.2 Å². The zero-order chi connectivity index (χ0) is 16.4. The quantitative estimate of drug-likeness (QED) is 0.835. The molecule has 2 heterocycles. The largest absolute Gasteiger partial charge is 0.497 e. The van der Waals surface area contributed by atoms with Crippen molar-refractivity contribution in [2.45, 2.75) is 18.8 Å². The van der Waals surface area contributed by atoms with Gasteiger partial charge in [0.15, 0.2) is 5.89 Å². The fourth-order valence-corrected chi connectivity index (χ4v) is 3.70. The average molecular weight is 336 g/mol. The molecule has 1 aliphatic heterocycles. The van der Waals surface area contributed by atoms with Crippen LogP contribution < -0.4 is 4.74 Å². The van der Waals surface area contributed by atoms with E-state index in [1.807, 2.05) is 24.3 Å². The lowest BCUT2D eigenvalue weighted by Gasteiger charge is -2.11. The number of oxazole rings is 1. The van der Waals surface area contributed by atoms with Crippen molar-refractivity contribution in [1.82, 2.24) is 9.29 Å². The summed E-state index contributed by atoms with van der Waals surface area (Å²) in [5.74, 6) is 2.23. The zero-order valence-electron chi connectivity index (χ0n) is 13.2. The van der Waals surface area contributed by atoms with E-state index in [-0.39, 0.29) is 5.92 Å². The second-order valence-corrected chi connectivity index (χ2v) is 7.78. The molecule has 23 heavy (non-hydrogen) atoms. The summed E-state index contributed by atoms with van der Waals surface area (Å²) in [5.41, 5.74) is 1.08. The summed E-state index contributed by atoms with van der Waals surface area (Å²) in [6, 6.07) is 7.80. The summed E-state index contributed by atoms with van der Waals surface area (Å²) < 4.78 is 35.7. The van der Waals surface area contributed by atoms with Gasteiger partial charge in [-0.2, -0.15) is 0 Å². The molecule has 0 N–H and O–H groups in total. The van der Waals surface area contributed by atoms with Gasteiger partial charge < -0.3 is 9.15 Å². The van der Waals surface area contributed by atoms with Gasteiger partial charge in [-0.1, -0.05) is 12.1 Å². The van der Waals surface area contributed by atoms with Crippen molar-refractivity contribution < 1.29 is 17.6 Å². The monoisotopic (exact) mass is 336 g/mol. The third-order valence-electron chi connectivity index (χ3n) is 4.05. The number of rotatable bonds is 5. The fourth-order valence-electron chi connectivity index (χ4n) is 2.81. The Hall–Kier alpha value is -1.86. The third-order valence-corrected chi connectivity index (χ3v) is 5.32. The maximum Gasteiger partial charge on any atom is 0.211 e. The van der Waals surface area contributed by atoms with Crippen LogP contribution in [0.5, 0.6) is 5.75 Å². The molecule has 2 aromatic rings. The second-order valence-electron chi connectivity index (χ2n) is 5.80. The maximum atomic E-state index is 11.6. The van der Waals surface area contributed by atoms with E-state index < -0.39 is 10.0 Å². The summed E-state index contributed by atoms with van der Waals surface area (Å²) in [7, 11) is -1.50. The molecular weight excluding hydrogens is 316 g/mol. The third kappa shape index (κ3) is 3.73. The molecule has 1 saturated heterocycles. The fraction of sp³-hybridized carbons (Fsp3) is 0.438. The average Bonchev–Trinajstić information content (AvgIpc) is 3.15. The Morgan fingerprint density at radius 1 is 1.43 bits per heavy atom. The van der Waals surface area contributed by atoms with Crippen molar-refractivity contribution >= 4 is 10.0 Å². The van der Waals surface area contributed by atoms with Gasteiger partial charge in [-0.3, -0.25) is 0 Å². The number of aromatic nitrogens is 1. The highest BCUT2D eigenvalue weighted by Gasteiger charge is 2.32. The Morgan fingerprint density at radius 2 is 2.26 bits per heavy atom. The van der Waals surface area contributed by atoms with Crippen LogP contribution in [0.2, 0.25) is 0 Å². The van der Waals surface area contributed by atoms with E-state index in [1.165, 1.54) is 10.6 Å². The van der Waals surface area contributed by atoms with Crippen molar-refractivity contribution in [1.29, 1.82) is 0 Å². The molecule has 6 nitrogen and oxygen atoms in total. The van der Waals surface area contributed by atoms with Gasteiger partial charge in [0.2, 0.25) is 10.0 Å². The topological polar surface area (TPSA) is 72.6 Å². The van der Waals surface area contributed by atoms with Gasteiger partial charge in [0.1, 0.15) is 11.5 Å². The summed E-state index contributed by atoms with van der Waals surface area (Å²) >= 11 is 0. The number of ether oxygens (including phenoxy) is 1. The molecular formula is C16H20N2O4S. The number of nitrogens with zero attached hydrogens (tertiary/aromatic N) is 2. The Bertz CT molecular complexity index is 785. The Balaban J connectivity index is 1.69. The lowest BCUT2D eigenvalue weighted by molar-refractivity contribution is 0.412. The minimum Gasteiger partial charge on any atom is -0.497 e. The SMILES string of the molecule is COc1cccc(Cc2cnc(C3CCN(S(C)(=O)=O)C3)o2)c1. The minimum absolute atomic E-state index is 0.0313. The molecule has 1 fully saturated rings. The van der Waals surface area contributed by atoms with Crippen molar-refractivity contribution in [2.75, 3.05) is 26.5 Å².